The molecule has 1 aliphatic carbocycles. The number of pyridine rings is 2. The van der Waals surface area contributed by atoms with Crippen LogP contribution in [0.15, 0.2) is 161 Å². The van der Waals surface area contributed by atoms with Crippen LogP contribution < -0.4 is 5.43 Å². The number of nitrogens with zero attached hydrogens (tertiary/aromatic N) is 2. The van der Waals surface area contributed by atoms with E-state index in [1.165, 1.54) is 0 Å². The molecule has 0 amide bonds. The first-order valence-corrected chi connectivity index (χ1v) is 20.1. The molecule has 0 saturated carbocycles. The molecule has 0 saturated heterocycles. The molecule has 0 spiro atoms. The predicted octanol–water partition coefficient (Wildman–Crippen LogP) is 12.0. The standard InChI is InChI=1S/C51H30Cl2N2O7/c52-37-25-36(50(58)59)45(53)44(41(37)51(60)61)40-34-23-32(30-17-15-26-9-1-3-11-28(26)21-30)46(56)42(38-13-5-7-19-54-38)48(34)62-49-35(40)24-33(47(57)43(49)39-14-6-8-20-55-39)31-18-16-27-10-2-4-12-29(27)22-31/h1-25,51,56,60-61H,(H,58,59). The normalized spacial score (nSPS) is 11.6. The Balaban J connectivity index is 1.48. The van der Waals surface area contributed by atoms with E-state index >= 15 is 4.79 Å². The molecule has 4 N–H and O–H groups in total. The smallest absolute Gasteiger partial charge is 0.337 e. The summed E-state index contributed by atoms with van der Waals surface area (Å²) in [6.45, 7) is 0. The molecule has 0 atom stereocenters. The summed E-state index contributed by atoms with van der Waals surface area (Å²) in [5, 5.41) is 48.4. The van der Waals surface area contributed by atoms with Gasteiger partial charge in [0.15, 0.2) is 11.7 Å². The topological polar surface area (TPSA) is 154 Å². The SMILES string of the molecule is O=C(O)c1cc(Cl)c(C(O)O)c(-c2c3cc(-c4ccc5ccccc5c4)c(=O)c(-c4ccccn4)c-3oc3c(-c4ccccn4)c(O)c(-c4ccc5ccccc5c4)cc23)c1Cl. The minimum Gasteiger partial charge on any atom is -0.506 e. The fraction of sp³-hybridized carbons (Fsp3) is 0.0196. The molecular weight excluding hydrogens is 823 g/mol. The van der Waals surface area contributed by atoms with Crippen LogP contribution >= 0.6 is 23.2 Å². The number of halogens is 2. The first-order chi connectivity index (χ1) is 30.1. The zero-order chi connectivity index (χ0) is 42.8. The van der Waals surface area contributed by atoms with Gasteiger partial charge in [0.05, 0.1) is 38.1 Å². The van der Waals surface area contributed by atoms with Gasteiger partial charge in [-0.2, -0.15) is 0 Å². The van der Waals surface area contributed by atoms with E-state index in [2.05, 4.69) is 9.97 Å². The Morgan fingerprint density at radius 3 is 1.73 bits per heavy atom. The third-order valence-electron chi connectivity index (χ3n) is 11.2. The van der Waals surface area contributed by atoms with E-state index in [1.807, 2.05) is 84.9 Å². The number of phenols is 1. The second-order valence-corrected chi connectivity index (χ2v) is 15.5. The molecule has 10 rings (SSSR count). The highest BCUT2D eigenvalue weighted by atomic mass is 35.5. The lowest BCUT2D eigenvalue weighted by molar-refractivity contribution is -0.0419. The Morgan fingerprint density at radius 2 is 1.16 bits per heavy atom. The number of carbonyl (C=O) groups is 1. The molecule has 300 valence electrons. The first-order valence-electron chi connectivity index (χ1n) is 19.4. The summed E-state index contributed by atoms with van der Waals surface area (Å²) in [4.78, 5) is 37.2. The van der Waals surface area contributed by atoms with E-state index in [9.17, 15) is 25.2 Å². The number of rotatable bonds is 7. The third kappa shape index (κ3) is 6.34. The van der Waals surface area contributed by atoms with E-state index in [1.54, 1.807) is 60.9 Å². The number of aromatic nitrogens is 2. The largest absolute Gasteiger partial charge is 0.506 e. The van der Waals surface area contributed by atoms with Gasteiger partial charge < -0.3 is 24.8 Å². The zero-order valence-electron chi connectivity index (χ0n) is 32.2. The number of carboxylic acids is 1. The summed E-state index contributed by atoms with van der Waals surface area (Å²) >= 11 is 13.9. The Labute approximate surface area is 362 Å². The summed E-state index contributed by atoms with van der Waals surface area (Å²) < 4.78 is 6.95. The van der Waals surface area contributed by atoms with Gasteiger partial charge in [-0.05, 0) is 87.3 Å². The van der Waals surface area contributed by atoms with E-state index in [0.717, 1.165) is 27.6 Å². The van der Waals surface area contributed by atoms with Crippen molar-refractivity contribution in [2.75, 3.05) is 0 Å². The summed E-state index contributed by atoms with van der Waals surface area (Å²) in [5.74, 6) is -1.65. The van der Waals surface area contributed by atoms with Gasteiger partial charge >= 0.3 is 5.97 Å². The maximum absolute atomic E-state index is 15.1. The molecule has 0 fully saturated rings. The molecule has 2 aliphatic rings. The number of hydrogen-bond donors (Lipinski definition) is 4. The van der Waals surface area contributed by atoms with Crippen LogP contribution in [0.3, 0.4) is 0 Å². The van der Waals surface area contributed by atoms with Crippen molar-refractivity contribution in [1.82, 2.24) is 9.97 Å². The minimum atomic E-state index is -2.26. The quantitative estimate of drug-likeness (QED) is 0.0906. The minimum absolute atomic E-state index is 0.0120. The van der Waals surface area contributed by atoms with E-state index in [-0.39, 0.29) is 77.2 Å². The van der Waals surface area contributed by atoms with E-state index in [4.69, 9.17) is 27.6 Å². The highest BCUT2D eigenvalue weighted by Crippen LogP contribution is 2.54. The van der Waals surface area contributed by atoms with Crippen molar-refractivity contribution in [1.29, 1.82) is 0 Å². The van der Waals surface area contributed by atoms with Crippen LogP contribution in [0.2, 0.25) is 10.0 Å². The number of aromatic carboxylic acids is 1. The molecule has 2 aromatic heterocycles. The van der Waals surface area contributed by atoms with Gasteiger partial charge in [-0.1, -0.05) is 108 Å². The monoisotopic (exact) mass is 852 g/mol. The van der Waals surface area contributed by atoms with Crippen LogP contribution in [0.25, 0.3) is 99.7 Å². The predicted molar refractivity (Wildman–Crippen MR) is 243 cm³/mol. The van der Waals surface area contributed by atoms with Crippen molar-refractivity contribution < 1.29 is 29.6 Å². The summed E-state index contributed by atoms with van der Waals surface area (Å²) in [6, 6.07) is 41.5. The Hall–Kier alpha value is -7.40. The molecule has 0 radical (unpaired) electrons. The third-order valence-corrected chi connectivity index (χ3v) is 11.9. The number of benzene rings is 7. The molecule has 0 bridgehead atoms. The number of aliphatic hydroxyl groups excluding tert-OH is 1. The lowest BCUT2D eigenvalue weighted by Crippen LogP contribution is -2.13. The van der Waals surface area contributed by atoms with Gasteiger partial charge in [0.25, 0.3) is 0 Å². The molecule has 8 aromatic rings. The molecule has 6 aromatic carbocycles. The molecule has 62 heavy (non-hydrogen) atoms. The fourth-order valence-electron chi connectivity index (χ4n) is 8.34. The van der Waals surface area contributed by atoms with Crippen molar-refractivity contribution in [2.45, 2.75) is 6.29 Å². The Kier molecular flexibility index (Phi) is 9.54. The summed E-state index contributed by atoms with van der Waals surface area (Å²) in [6.07, 6.45) is 0.837. The van der Waals surface area contributed by atoms with Gasteiger partial charge in [-0.15, -0.1) is 0 Å². The van der Waals surface area contributed by atoms with Crippen LogP contribution in [-0.2, 0) is 0 Å². The fourth-order valence-corrected chi connectivity index (χ4v) is 8.97. The first kappa shape index (κ1) is 38.8. The summed E-state index contributed by atoms with van der Waals surface area (Å²) in [5.41, 5.74) is 1.55. The molecular formula is C51H30Cl2N2O7. The van der Waals surface area contributed by atoms with Gasteiger partial charge in [0, 0.05) is 51.2 Å². The van der Waals surface area contributed by atoms with Crippen LogP contribution in [0.1, 0.15) is 22.2 Å². The highest BCUT2D eigenvalue weighted by molar-refractivity contribution is 6.39. The molecule has 9 nitrogen and oxygen atoms in total. The Bertz CT molecular complexity index is 3480. The van der Waals surface area contributed by atoms with Gasteiger partial charge in [0.1, 0.15) is 17.1 Å². The number of phenolic OH excluding ortho intramolecular Hbond substituents is 1. The highest BCUT2D eigenvalue weighted by Gasteiger charge is 2.34. The van der Waals surface area contributed by atoms with Crippen molar-refractivity contribution >= 4 is 61.7 Å². The van der Waals surface area contributed by atoms with Gasteiger partial charge in [0.2, 0.25) is 0 Å². The van der Waals surface area contributed by atoms with Gasteiger partial charge in [-0.25, -0.2) is 4.79 Å². The number of aliphatic hydroxyl groups is 2. The number of carboxylic acid groups (broad SMARTS) is 1. The Morgan fingerprint density at radius 1 is 0.597 bits per heavy atom. The summed E-state index contributed by atoms with van der Waals surface area (Å²) in [7, 11) is 0. The second-order valence-electron chi connectivity index (χ2n) is 14.7. The van der Waals surface area contributed by atoms with Crippen LogP contribution in [0.5, 0.6) is 5.75 Å². The number of aromatic hydroxyl groups is 1. The number of fused-ring (bicyclic) bond motifs is 4. The van der Waals surface area contributed by atoms with Crippen molar-refractivity contribution in [3.63, 3.8) is 0 Å². The van der Waals surface area contributed by atoms with E-state index < -0.39 is 23.3 Å². The van der Waals surface area contributed by atoms with Crippen LogP contribution in [0, 0.1) is 0 Å². The van der Waals surface area contributed by atoms with Gasteiger partial charge in [-0.3, -0.25) is 14.8 Å². The average Bonchev–Trinajstić information content (AvgIpc) is 3.28. The lowest BCUT2D eigenvalue weighted by Gasteiger charge is -2.25. The maximum Gasteiger partial charge on any atom is 0.337 e. The molecule has 0 unspecified atom stereocenters. The average molecular weight is 854 g/mol. The zero-order valence-corrected chi connectivity index (χ0v) is 33.7. The molecule has 3 heterocycles. The van der Waals surface area contributed by atoms with Crippen LogP contribution in [0.4, 0.5) is 0 Å². The van der Waals surface area contributed by atoms with Crippen molar-refractivity contribution in [2.24, 2.45) is 0 Å². The van der Waals surface area contributed by atoms with E-state index in [0.29, 0.717) is 22.4 Å². The number of hydrogen-bond acceptors (Lipinski definition) is 8. The van der Waals surface area contributed by atoms with Crippen molar-refractivity contribution in [3.05, 3.63) is 183 Å². The lowest BCUT2D eigenvalue weighted by atomic mass is 9.83. The molecule has 11 heteroatoms. The van der Waals surface area contributed by atoms with Crippen molar-refractivity contribution in [3.8, 4) is 73.0 Å². The maximum atomic E-state index is 15.1. The molecule has 1 aliphatic heterocycles. The van der Waals surface area contributed by atoms with Crippen LogP contribution in [-0.4, -0.2) is 36.4 Å². The second kappa shape index (κ2) is 15.3.